The zero-order chi connectivity index (χ0) is 11.2. The number of hydrogen-bond donors (Lipinski definition) is 2. The average molecular weight is 203 g/mol. The van der Waals surface area contributed by atoms with E-state index in [2.05, 4.69) is 9.58 Å². The normalized spacial score (nSPS) is 16.5. The quantitative estimate of drug-likeness (QED) is 0.346. The van der Waals surface area contributed by atoms with Gasteiger partial charge in [-0.25, -0.2) is 11.4 Å². The lowest BCUT2D eigenvalue weighted by Gasteiger charge is -2.17. The summed E-state index contributed by atoms with van der Waals surface area (Å²) in [6.07, 6.45) is -1.10. The number of nitrogens with zero attached hydrogens (tertiary/aromatic N) is 1. The highest BCUT2D eigenvalue weighted by molar-refractivity contribution is 5.83. The molecule has 0 aromatic heterocycles. The highest BCUT2D eigenvalue weighted by Crippen LogP contribution is 2.14. The lowest BCUT2D eigenvalue weighted by molar-refractivity contribution is -0.155. The summed E-state index contributed by atoms with van der Waals surface area (Å²) in [5, 5.41) is 17.7. The SMILES string of the molecule is [C-]#[N+]C(CO)(COC(C)O)C(=O)OC. The van der Waals surface area contributed by atoms with Crippen LogP contribution in [0, 0.1) is 6.57 Å². The summed E-state index contributed by atoms with van der Waals surface area (Å²) in [6, 6.07) is 0. The van der Waals surface area contributed by atoms with E-state index >= 15 is 0 Å². The van der Waals surface area contributed by atoms with E-state index in [1.165, 1.54) is 6.92 Å². The lowest BCUT2D eigenvalue weighted by atomic mass is 10.0. The summed E-state index contributed by atoms with van der Waals surface area (Å²) in [5.74, 6) is -0.879. The van der Waals surface area contributed by atoms with Crippen molar-refractivity contribution in [3.63, 3.8) is 0 Å². The van der Waals surface area contributed by atoms with Crippen molar-refractivity contribution >= 4 is 5.97 Å². The van der Waals surface area contributed by atoms with Gasteiger partial charge in [0.15, 0.2) is 6.29 Å². The average Bonchev–Trinajstić information content (AvgIpc) is 2.19. The molecule has 6 nitrogen and oxygen atoms in total. The van der Waals surface area contributed by atoms with E-state index in [1.54, 1.807) is 0 Å². The number of methoxy groups -OCH3 is 1. The summed E-state index contributed by atoms with van der Waals surface area (Å²) < 4.78 is 9.05. The first kappa shape index (κ1) is 12.8. The molecule has 0 saturated heterocycles. The van der Waals surface area contributed by atoms with Crippen molar-refractivity contribution in [3.8, 4) is 0 Å². The number of aliphatic hydroxyl groups excluding tert-OH is 2. The van der Waals surface area contributed by atoms with Crippen molar-refractivity contribution < 1.29 is 24.5 Å². The van der Waals surface area contributed by atoms with Gasteiger partial charge in [0.05, 0.1) is 7.11 Å². The van der Waals surface area contributed by atoms with Gasteiger partial charge in [0.2, 0.25) is 0 Å². The predicted octanol–water partition coefficient (Wildman–Crippen LogP) is -0.835. The highest BCUT2D eigenvalue weighted by atomic mass is 16.6. The van der Waals surface area contributed by atoms with E-state index in [0.29, 0.717) is 0 Å². The van der Waals surface area contributed by atoms with Crippen LogP contribution >= 0.6 is 0 Å². The van der Waals surface area contributed by atoms with Crippen molar-refractivity contribution in [2.75, 3.05) is 20.3 Å². The Kier molecular flexibility index (Phi) is 5.09. The molecule has 2 N–H and O–H groups in total. The molecular formula is C8H13NO5. The molecule has 0 aliphatic heterocycles. The van der Waals surface area contributed by atoms with E-state index < -0.39 is 31.0 Å². The van der Waals surface area contributed by atoms with Gasteiger partial charge < -0.3 is 19.7 Å². The zero-order valence-corrected chi connectivity index (χ0v) is 8.06. The van der Waals surface area contributed by atoms with Gasteiger partial charge in [0.1, 0.15) is 13.2 Å². The maximum atomic E-state index is 11.2. The third-order valence-corrected chi connectivity index (χ3v) is 1.60. The minimum Gasteiger partial charge on any atom is -0.463 e. The summed E-state index contributed by atoms with van der Waals surface area (Å²) in [5.41, 5.74) is -1.77. The molecule has 0 heterocycles. The van der Waals surface area contributed by atoms with Crippen LogP contribution in [-0.4, -0.2) is 48.3 Å². The Morgan fingerprint density at radius 3 is 2.57 bits per heavy atom. The van der Waals surface area contributed by atoms with E-state index in [9.17, 15) is 4.79 Å². The van der Waals surface area contributed by atoms with Gasteiger partial charge >= 0.3 is 11.5 Å². The van der Waals surface area contributed by atoms with Gasteiger partial charge in [-0.3, -0.25) is 4.85 Å². The Balaban J connectivity index is 4.56. The minimum atomic E-state index is -1.77. The minimum absolute atomic E-state index is 0.405. The second-order valence-corrected chi connectivity index (χ2v) is 2.70. The molecule has 0 aromatic rings. The second kappa shape index (κ2) is 5.54. The first-order valence-electron chi connectivity index (χ1n) is 3.90. The van der Waals surface area contributed by atoms with Crippen molar-refractivity contribution in [1.29, 1.82) is 0 Å². The maximum Gasteiger partial charge on any atom is 0.398 e. The van der Waals surface area contributed by atoms with Gasteiger partial charge in [-0.1, -0.05) is 0 Å². The first-order chi connectivity index (χ1) is 6.52. The van der Waals surface area contributed by atoms with Gasteiger partial charge in [-0.15, -0.1) is 0 Å². The van der Waals surface area contributed by atoms with Crippen LogP contribution in [0.3, 0.4) is 0 Å². The molecule has 0 aromatic carbocycles. The first-order valence-corrected chi connectivity index (χ1v) is 3.90. The number of esters is 1. The van der Waals surface area contributed by atoms with Crippen LogP contribution in [0.1, 0.15) is 6.92 Å². The number of rotatable bonds is 5. The Bertz CT molecular complexity index is 234. The van der Waals surface area contributed by atoms with Crippen LogP contribution < -0.4 is 0 Å². The van der Waals surface area contributed by atoms with Crippen molar-refractivity contribution in [1.82, 2.24) is 0 Å². The molecule has 2 atom stereocenters. The zero-order valence-electron chi connectivity index (χ0n) is 8.06. The van der Waals surface area contributed by atoms with E-state index in [-0.39, 0.29) is 0 Å². The number of carbonyl (C=O) groups excluding carboxylic acids is 1. The molecule has 0 bridgehead atoms. The van der Waals surface area contributed by atoms with E-state index in [4.69, 9.17) is 21.5 Å². The number of hydrogen-bond acceptors (Lipinski definition) is 5. The molecule has 0 aliphatic rings. The van der Waals surface area contributed by atoms with E-state index in [1.807, 2.05) is 0 Å². The fourth-order valence-corrected chi connectivity index (χ4v) is 0.731. The molecule has 14 heavy (non-hydrogen) atoms. The standard InChI is InChI=1S/C8H13NO5/c1-6(11)14-5-8(4-10,9-2)7(12)13-3/h6,10-11H,4-5H2,1,3H3. The maximum absolute atomic E-state index is 11.2. The molecule has 0 aliphatic carbocycles. The van der Waals surface area contributed by atoms with Crippen LogP contribution in [0.4, 0.5) is 0 Å². The summed E-state index contributed by atoms with van der Waals surface area (Å²) in [6.45, 7) is 7.01. The highest BCUT2D eigenvalue weighted by Gasteiger charge is 2.47. The topological polar surface area (TPSA) is 80.4 Å². The van der Waals surface area contributed by atoms with Crippen molar-refractivity contribution in [3.05, 3.63) is 11.4 Å². The summed E-state index contributed by atoms with van der Waals surface area (Å²) in [4.78, 5) is 14.1. The summed E-state index contributed by atoms with van der Waals surface area (Å²) >= 11 is 0. The Morgan fingerprint density at radius 1 is 1.71 bits per heavy atom. The number of ether oxygens (including phenoxy) is 2. The Labute approximate surface area is 81.9 Å². The molecule has 0 spiro atoms. The molecule has 0 radical (unpaired) electrons. The van der Waals surface area contributed by atoms with E-state index in [0.717, 1.165) is 7.11 Å². The second-order valence-electron chi connectivity index (χ2n) is 2.70. The van der Waals surface area contributed by atoms with Gasteiger partial charge in [-0.05, 0) is 6.92 Å². The van der Waals surface area contributed by atoms with Crippen molar-refractivity contribution in [2.45, 2.75) is 18.8 Å². The molecule has 2 unspecified atom stereocenters. The summed E-state index contributed by atoms with van der Waals surface area (Å²) in [7, 11) is 1.11. The van der Waals surface area contributed by atoms with Crippen molar-refractivity contribution in [2.24, 2.45) is 0 Å². The van der Waals surface area contributed by atoms with Gasteiger partial charge in [-0.2, -0.15) is 0 Å². The van der Waals surface area contributed by atoms with Gasteiger partial charge in [0.25, 0.3) is 0 Å². The largest absolute Gasteiger partial charge is 0.463 e. The Morgan fingerprint density at radius 2 is 2.29 bits per heavy atom. The molecule has 6 heteroatoms. The number of carbonyl (C=O) groups is 1. The van der Waals surface area contributed by atoms with Crippen LogP contribution in [0.2, 0.25) is 0 Å². The fraction of sp³-hybridized carbons (Fsp3) is 0.750. The molecular weight excluding hydrogens is 190 g/mol. The molecule has 0 saturated carbocycles. The predicted molar refractivity (Wildman–Crippen MR) is 46.1 cm³/mol. The van der Waals surface area contributed by atoms with Crippen LogP contribution in [0.15, 0.2) is 0 Å². The molecule has 0 fully saturated rings. The fourth-order valence-electron chi connectivity index (χ4n) is 0.731. The lowest BCUT2D eigenvalue weighted by Crippen LogP contribution is -2.45. The van der Waals surface area contributed by atoms with Crippen LogP contribution in [0.5, 0.6) is 0 Å². The monoisotopic (exact) mass is 203 g/mol. The Hall–Kier alpha value is -1.16. The molecule has 0 rings (SSSR count). The van der Waals surface area contributed by atoms with Gasteiger partial charge in [0, 0.05) is 0 Å². The molecule has 0 amide bonds. The van der Waals surface area contributed by atoms with Crippen LogP contribution in [0.25, 0.3) is 4.85 Å². The van der Waals surface area contributed by atoms with Crippen LogP contribution in [-0.2, 0) is 14.3 Å². The third kappa shape index (κ3) is 2.96. The number of aliphatic hydroxyl groups is 2. The molecule has 80 valence electrons. The smallest absolute Gasteiger partial charge is 0.398 e. The third-order valence-electron chi connectivity index (χ3n) is 1.60.